The molecule has 1 aliphatic rings. The Kier molecular flexibility index (Phi) is 9.02. The van der Waals surface area contributed by atoms with Gasteiger partial charge in [-0.3, -0.25) is 0 Å². The summed E-state index contributed by atoms with van der Waals surface area (Å²) in [5.74, 6) is 0. The molecule has 0 aliphatic heterocycles. The standard InChI is InChI=1S/C61H47N/c1-60(2,3)55-31-16-21-45-20-15-29-52(58(45)55)44-36-40-49(41-37-44)62(48-38-34-43(35-39-48)51-28-14-19-42-18-10-11-26-50(42)51)57-33-17-32-56-59(57)53-27-12-13-30-54(53)61(56,46-22-6-4-7-23-46)47-24-8-5-9-25-47/h4-41H,1-3H3. The summed E-state index contributed by atoms with van der Waals surface area (Å²) in [6, 6.07) is 85.3. The summed E-state index contributed by atoms with van der Waals surface area (Å²) < 4.78 is 0. The quantitative estimate of drug-likeness (QED) is 0.155. The molecule has 0 amide bonds. The molecule has 10 aromatic carbocycles. The summed E-state index contributed by atoms with van der Waals surface area (Å²) in [5, 5.41) is 5.10. The minimum Gasteiger partial charge on any atom is -0.310 e. The van der Waals surface area contributed by atoms with Crippen LogP contribution in [0.3, 0.4) is 0 Å². The van der Waals surface area contributed by atoms with Crippen molar-refractivity contribution >= 4 is 38.6 Å². The molecule has 0 atom stereocenters. The number of hydrogen-bond donors (Lipinski definition) is 0. The monoisotopic (exact) mass is 793 g/mol. The van der Waals surface area contributed by atoms with E-state index in [9.17, 15) is 0 Å². The Hall–Kier alpha value is -7.48. The zero-order chi connectivity index (χ0) is 41.8. The van der Waals surface area contributed by atoms with E-state index >= 15 is 0 Å². The van der Waals surface area contributed by atoms with Crippen molar-refractivity contribution in [3.63, 3.8) is 0 Å². The molecular formula is C61H47N. The summed E-state index contributed by atoms with van der Waals surface area (Å²) in [6.07, 6.45) is 0. The molecule has 0 saturated heterocycles. The normalized spacial score (nSPS) is 12.9. The van der Waals surface area contributed by atoms with E-state index in [-0.39, 0.29) is 5.41 Å². The fraction of sp³-hybridized carbons (Fsp3) is 0.0820. The van der Waals surface area contributed by atoms with Crippen molar-refractivity contribution in [2.45, 2.75) is 31.6 Å². The lowest BCUT2D eigenvalue weighted by Gasteiger charge is -2.34. The summed E-state index contributed by atoms with van der Waals surface area (Å²) in [5.41, 5.74) is 16.7. The average Bonchev–Trinajstić information content (AvgIpc) is 3.63. The van der Waals surface area contributed by atoms with Crippen LogP contribution in [0, 0.1) is 0 Å². The van der Waals surface area contributed by atoms with Crippen LogP contribution in [0.4, 0.5) is 17.1 Å². The molecule has 1 heteroatoms. The first kappa shape index (κ1) is 37.5. The molecule has 1 nitrogen and oxygen atoms in total. The summed E-state index contributed by atoms with van der Waals surface area (Å²) in [7, 11) is 0. The van der Waals surface area contributed by atoms with E-state index in [0.29, 0.717) is 0 Å². The van der Waals surface area contributed by atoms with E-state index in [1.165, 1.54) is 82.7 Å². The highest BCUT2D eigenvalue weighted by atomic mass is 15.1. The molecule has 62 heavy (non-hydrogen) atoms. The van der Waals surface area contributed by atoms with Crippen LogP contribution >= 0.6 is 0 Å². The fourth-order valence-electron chi connectivity index (χ4n) is 10.4. The summed E-state index contributed by atoms with van der Waals surface area (Å²) >= 11 is 0. The van der Waals surface area contributed by atoms with E-state index in [1.54, 1.807) is 0 Å². The number of benzene rings is 10. The molecule has 296 valence electrons. The molecule has 10 aromatic rings. The van der Waals surface area contributed by atoms with Crippen LogP contribution in [-0.2, 0) is 10.8 Å². The van der Waals surface area contributed by atoms with Crippen molar-refractivity contribution in [3.05, 3.63) is 258 Å². The van der Waals surface area contributed by atoms with Crippen LogP contribution in [0.5, 0.6) is 0 Å². The van der Waals surface area contributed by atoms with Crippen LogP contribution in [0.2, 0.25) is 0 Å². The average molecular weight is 794 g/mol. The molecule has 1 aliphatic carbocycles. The van der Waals surface area contributed by atoms with Crippen molar-refractivity contribution in [1.29, 1.82) is 0 Å². The van der Waals surface area contributed by atoms with Gasteiger partial charge in [0.25, 0.3) is 0 Å². The second kappa shape index (κ2) is 14.9. The molecule has 0 heterocycles. The Bertz CT molecular complexity index is 3200. The van der Waals surface area contributed by atoms with Crippen molar-refractivity contribution in [2.75, 3.05) is 4.90 Å². The molecule has 0 radical (unpaired) electrons. The number of hydrogen-bond acceptors (Lipinski definition) is 1. The zero-order valence-electron chi connectivity index (χ0n) is 35.4. The molecule has 0 aromatic heterocycles. The van der Waals surface area contributed by atoms with Gasteiger partial charge in [-0.1, -0.05) is 221 Å². The number of fused-ring (bicyclic) bond motifs is 5. The fourth-order valence-corrected chi connectivity index (χ4v) is 10.4. The third-order valence-electron chi connectivity index (χ3n) is 13.1. The first-order valence-electron chi connectivity index (χ1n) is 21.8. The molecule has 0 unspecified atom stereocenters. The topological polar surface area (TPSA) is 3.24 Å². The van der Waals surface area contributed by atoms with Crippen molar-refractivity contribution in [3.8, 4) is 33.4 Å². The smallest absolute Gasteiger partial charge is 0.0714 e. The van der Waals surface area contributed by atoms with Crippen molar-refractivity contribution < 1.29 is 0 Å². The van der Waals surface area contributed by atoms with Crippen molar-refractivity contribution in [2.24, 2.45) is 0 Å². The predicted molar refractivity (Wildman–Crippen MR) is 263 cm³/mol. The second-order valence-corrected chi connectivity index (χ2v) is 17.6. The summed E-state index contributed by atoms with van der Waals surface area (Å²) in [4.78, 5) is 2.47. The van der Waals surface area contributed by atoms with Gasteiger partial charge in [-0.05, 0) is 113 Å². The molecule has 0 bridgehead atoms. The second-order valence-electron chi connectivity index (χ2n) is 17.6. The van der Waals surface area contributed by atoms with Gasteiger partial charge in [0.2, 0.25) is 0 Å². The first-order valence-corrected chi connectivity index (χ1v) is 21.8. The zero-order valence-corrected chi connectivity index (χ0v) is 35.4. The number of nitrogens with zero attached hydrogens (tertiary/aromatic N) is 1. The van der Waals surface area contributed by atoms with Gasteiger partial charge >= 0.3 is 0 Å². The van der Waals surface area contributed by atoms with Crippen LogP contribution in [0.25, 0.3) is 54.9 Å². The Labute approximate surface area is 365 Å². The van der Waals surface area contributed by atoms with E-state index in [1.807, 2.05) is 0 Å². The lowest BCUT2D eigenvalue weighted by molar-refractivity contribution is 0.596. The van der Waals surface area contributed by atoms with Gasteiger partial charge in [-0.25, -0.2) is 0 Å². The third-order valence-corrected chi connectivity index (χ3v) is 13.1. The Balaban J connectivity index is 1.13. The van der Waals surface area contributed by atoms with E-state index in [0.717, 1.165) is 17.1 Å². The number of anilines is 3. The molecule has 0 N–H and O–H groups in total. The number of rotatable bonds is 7. The maximum absolute atomic E-state index is 2.47. The Morgan fingerprint density at radius 2 is 0.855 bits per heavy atom. The highest BCUT2D eigenvalue weighted by Crippen LogP contribution is 2.59. The van der Waals surface area contributed by atoms with E-state index in [4.69, 9.17) is 0 Å². The first-order chi connectivity index (χ1) is 30.4. The SMILES string of the molecule is CC(C)(C)c1cccc2cccc(-c3ccc(N(c4ccc(-c5cccc6ccccc56)cc4)c4cccc5c4-c4ccccc4C5(c4ccccc4)c4ccccc4)cc3)c12. The predicted octanol–water partition coefficient (Wildman–Crippen LogP) is 16.5. The maximum Gasteiger partial charge on any atom is 0.0714 e. The minimum absolute atomic E-state index is 0.00323. The molecule has 0 saturated carbocycles. The summed E-state index contributed by atoms with van der Waals surface area (Å²) in [6.45, 7) is 6.93. The lowest BCUT2D eigenvalue weighted by atomic mass is 9.68. The lowest BCUT2D eigenvalue weighted by Crippen LogP contribution is -2.28. The maximum atomic E-state index is 2.47. The molecular weight excluding hydrogens is 747 g/mol. The van der Waals surface area contributed by atoms with Crippen LogP contribution in [-0.4, -0.2) is 0 Å². The molecule has 0 fully saturated rings. The van der Waals surface area contributed by atoms with Crippen LogP contribution in [0.1, 0.15) is 48.6 Å². The third kappa shape index (κ3) is 5.99. The van der Waals surface area contributed by atoms with Crippen LogP contribution in [0.15, 0.2) is 231 Å². The Morgan fingerprint density at radius 1 is 0.371 bits per heavy atom. The van der Waals surface area contributed by atoms with Gasteiger partial charge in [0.05, 0.1) is 11.1 Å². The van der Waals surface area contributed by atoms with Gasteiger partial charge < -0.3 is 4.90 Å². The van der Waals surface area contributed by atoms with Gasteiger partial charge in [0, 0.05) is 16.9 Å². The highest BCUT2D eigenvalue weighted by molar-refractivity contribution is 6.02. The Morgan fingerprint density at radius 3 is 1.52 bits per heavy atom. The van der Waals surface area contributed by atoms with Gasteiger partial charge in [0.1, 0.15) is 0 Å². The molecule has 0 spiro atoms. The highest BCUT2D eigenvalue weighted by Gasteiger charge is 2.47. The van der Waals surface area contributed by atoms with Crippen LogP contribution < -0.4 is 4.90 Å². The van der Waals surface area contributed by atoms with Gasteiger partial charge in [-0.2, -0.15) is 0 Å². The molecule has 11 rings (SSSR count). The van der Waals surface area contributed by atoms with Gasteiger partial charge in [0.15, 0.2) is 0 Å². The van der Waals surface area contributed by atoms with E-state index in [2.05, 4.69) is 256 Å². The van der Waals surface area contributed by atoms with Gasteiger partial charge in [-0.15, -0.1) is 0 Å². The van der Waals surface area contributed by atoms with E-state index < -0.39 is 5.41 Å². The minimum atomic E-state index is -0.503. The largest absolute Gasteiger partial charge is 0.310 e. The van der Waals surface area contributed by atoms with Crippen molar-refractivity contribution in [1.82, 2.24) is 0 Å².